The van der Waals surface area contributed by atoms with Crippen LogP contribution in [0.25, 0.3) is 21.9 Å². The molecule has 4 rings (SSSR count). The van der Waals surface area contributed by atoms with Gasteiger partial charge in [-0.25, -0.2) is 0 Å². The SMILES string of the molecule is O=C(c1cnc2ccccc2c1)c1cc2ccccc2o1. The highest BCUT2D eigenvalue weighted by Crippen LogP contribution is 2.22. The third kappa shape index (κ3) is 1.99. The van der Waals surface area contributed by atoms with Crippen LogP contribution in [0, 0.1) is 0 Å². The van der Waals surface area contributed by atoms with Crippen molar-refractivity contribution in [2.75, 3.05) is 0 Å². The minimum atomic E-state index is -0.149. The summed E-state index contributed by atoms with van der Waals surface area (Å²) in [4.78, 5) is 16.8. The van der Waals surface area contributed by atoms with Crippen molar-refractivity contribution >= 4 is 27.7 Å². The van der Waals surface area contributed by atoms with E-state index in [1.807, 2.05) is 54.6 Å². The van der Waals surface area contributed by atoms with Crippen LogP contribution in [0.5, 0.6) is 0 Å². The molecule has 2 heterocycles. The Morgan fingerprint density at radius 3 is 2.52 bits per heavy atom. The zero-order valence-electron chi connectivity index (χ0n) is 11.1. The molecule has 0 amide bonds. The standard InChI is InChI=1S/C18H11NO2/c20-18(17-10-13-6-2-4-8-16(13)21-17)14-9-12-5-1-3-7-15(12)19-11-14/h1-11H. The Hall–Kier alpha value is -2.94. The number of para-hydroxylation sites is 2. The molecule has 4 aromatic rings. The number of carbonyl (C=O) groups excluding carboxylic acids is 1. The van der Waals surface area contributed by atoms with Crippen LogP contribution in [0.1, 0.15) is 16.1 Å². The molecule has 2 aromatic carbocycles. The van der Waals surface area contributed by atoms with Crippen LogP contribution >= 0.6 is 0 Å². The molecular weight excluding hydrogens is 262 g/mol. The van der Waals surface area contributed by atoms with Gasteiger partial charge in [0.25, 0.3) is 0 Å². The second kappa shape index (κ2) is 4.56. The van der Waals surface area contributed by atoms with Crippen molar-refractivity contribution in [3.63, 3.8) is 0 Å². The van der Waals surface area contributed by atoms with Gasteiger partial charge in [0.05, 0.1) is 5.52 Å². The molecule has 100 valence electrons. The maximum atomic E-state index is 12.5. The Kier molecular flexibility index (Phi) is 2.57. The molecule has 3 heteroatoms. The number of furan rings is 1. The lowest BCUT2D eigenvalue weighted by molar-refractivity contribution is 0.101. The van der Waals surface area contributed by atoms with E-state index in [2.05, 4.69) is 4.98 Å². The summed E-state index contributed by atoms with van der Waals surface area (Å²) in [6.07, 6.45) is 1.60. The van der Waals surface area contributed by atoms with E-state index in [0.29, 0.717) is 11.3 Å². The summed E-state index contributed by atoms with van der Waals surface area (Å²) in [7, 11) is 0. The van der Waals surface area contributed by atoms with Gasteiger partial charge in [0.2, 0.25) is 5.78 Å². The zero-order chi connectivity index (χ0) is 14.2. The molecule has 0 atom stereocenters. The van der Waals surface area contributed by atoms with Crippen LogP contribution in [0.15, 0.2) is 71.3 Å². The van der Waals surface area contributed by atoms with Crippen LogP contribution in [0.2, 0.25) is 0 Å². The summed E-state index contributed by atoms with van der Waals surface area (Å²) in [5.74, 6) is 0.192. The van der Waals surface area contributed by atoms with Crippen LogP contribution in [-0.4, -0.2) is 10.8 Å². The molecule has 0 fully saturated rings. The largest absolute Gasteiger partial charge is 0.453 e. The Balaban J connectivity index is 1.81. The Morgan fingerprint density at radius 2 is 1.67 bits per heavy atom. The van der Waals surface area contributed by atoms with E-state index in [1.165, 1.54) is 0 Å². The molecule has 0 bridgehead atoms. The fourth-order valence-electron chi connectivity index (χ4n) is 2.43. The first-order valence-corrected chi connectivity index (χ1v) is 6.69. The molecule has 0 radical (unpaired) electrons. The summed E-state index contributed by atoms with van der Waals surface area (Å²) in [6, 6.07) is 18.9. The average molecular weight is 273 g/mol. The molecule has 0 spiro atoms. The molecule has 0 aliphatic rings. The molecule has 21 heavy (non-hydrogen) atoms. The summed E-state index contributed by atoms with van der Waals surface area (Å²) >= 11 is 0. The maximum Gasteiger partial charge on any atom is 0.229 e. The lowest BCUT2D eigenvalue weighted by Gasteiger charge is -2.00. The molecule has 0 saturated heterocycles. The number of pyridine rings is 1. The Labute approximate surface area is 120 Å². The van der Waals surface area contributed by atoms with Crippen molar-refractivity contribution in [3.8, 4) is 0 Å². The molecule has 0 unspecified atom stereocenters. The highest BCUT2D eigenvalue weighted by atomic mass is 16.3. The molecule has 2 aromatic heterocycles. The van der Waals surface area contributed by atoms with Gasteiger partial charge in [-0.3, -0.25) is 9.78 Å². The third-order valence-electron chi connectivity index (χ3n) is 3.50. The number of rotatable bonds is 2. The number of fused-ring (bicyclic) bond motifs is 2. The van der Waals surface area contributed by atoms with Gasteiger partial charge in [-0.15, -0.1) is 0 Å². The number of benzene rings is 2. The highest BCUT2D eigenvalue weighted by molar-refractivity contribution is 6.10. The Morgan fingerprint density at radius 1 is 0.905 bits per heavy atom. The van der Waals surface area contributed by atoms with E-state index in [-0.39, 0.29) is 5.78 Å². The minimum absolute atomic E-state index is 0.149. The minimum Gasteiger partial charge on any atom is -0.453 e. The zero-order valence-corrected chi connectivity index (χ0v) is 11.1. The second-order valence-corrected chi connectivity index (χ2v) is 4.89. The number of carbonyl (C=O) groups is 1. The van der Waals surface area contributed by atoms with Crippen molar-refractivity contribution < 1.29 is 9.21 Å². The van der Waals surface area contributed by atoms with Gasteiger partial charge >= 0.3 is 0 Å². The van der Waals surface area contributed by atoms with Gasteiger partial charge in [-0.2, -0.15) is 0 Å². The Bertz CT molecular complexity index is 936. The van der Waals surface area contributed by atoms with Crippen molar-refractivity contribution in [2.45, 2.75) is 0 Å². The quantitative estimate of drug-likeness (QED) is 0.514. The summed E-state index contributed by atoms with van der Waals surface area (Å²) in [5.41, 5.74) is 2.13. The van der Waals surface area contributed by atoms with E-state index in [4.69, 9.17) is 4.42 Å². The smallest absolute Gasteiger partial charge is 0.229 e. The van der Waals surface area contributed by atoms with Gasteiger partial charge in [0.15, 0.2) is 5.76 Å². The van der Waals surface area contributed by atoms with Gasteiger partial charge in [-0.05, 0) is 24.3 Å². The number of aromatic nitrogens is 1. The predicted octanol–water partition coefficient (Wildman–Crippen LogP) is 4.21. The van der Waals surface area contributed by atoms with Crippen LogP contribution in [0.4, 0.5) is 0 Å². The van der Waals surface area contributed by atoms with E-state index in [1.54, 1.807) is 12.3 Å². The van der Waals surface area contributed by atoms with Crippen molar-refractivity contribution in [1.29, 1.82) is 0 Å². The van der Waals surface area contributed by atoms with Crippen LogP contribution in [-0.2, 0) is 0 Å². The van der Waals surface area contributed by atoms with Crippen molar-refractivity contribution in [3.05, 3.63) is 78.2 Å². The van der Waals surface area contributed by atoms with Gasteiger partial charge in [0, 0.05) is 22.5 Å². The van der Waals surface area contributed by atoms with Crippen LogP contribution < -0.4 is 0 Å². The first-order chi connectivity index (χ1) is 10.3. The lowest BCUT2D eigenvalue weighted by atomic mass is 10.1. The van der Waals surface area contributed by atoms with Gasteiger partial charge in [0.1, 0.15) is 5.58 Å². The molecule has 0 aliphatic heterocycles. The fraction of sp³-hybridized carbons (Fsp3) is 0. The van der Waals surface area contributed by atoms with E-state index in [0.717, 1.165) is 21.9 Å². The average Bonchev–Trinajstić information content (AvgIpc) is 2.97. The number of nitrogens with zero attached hydrogens (tertiary/aromatic N) is 1. The first-order valence-electron chi connectivity index (χ1n) is 6.69. The number of hydrogen-bond acceptors (Lipinski definition) is 3. The van der Waals surface area contributed by atoms with Gasteiger partial charge in [-0.1, -0.05) is 36.4 Å². The molecule has 0 saturated carbocycles. The van der Waals surface area contributed by atoms with Gasteiger partial charge < -0.3 is 4.42 Å². The maximum absolute atomic E-state index is 12.5. The molecule has 0 N–H and O–H groups in total. The molecule has 0 aliphatic carbocycles. The first kappa shape index (κ1) is 11.9. The van der Waals surface area contributed by atoms with Crippen molar-refractivity contribution in [1.82, 2.24) is 4.98 Å². The summed E-state index contributed by atoms with van der Waals surface area (Å²) in [6.45, 7) is 0. The summed E-state index contributed by atoms with van der Waals surface area (Å²) in [5, 5.41) is 1.87. The number of hydrogen-bond donors (Lipinski definition) is 0. The monoisotopic (exact) mass is 273 g/mol. The topological polar surface area (TPSA) is 43.1 Å². The second-order valence-electron chi connectivity index (χ2n) is 4.89. The predicted molar refractivity (Wildman–Crippen MR) is 81.4 cm³/mol. The third-order valence-corrected chi connectivity index (χ3v) is 3.50. The lowest BCUT2D eigenvalue weighted by Crippen LogP contribution is -2.00. The van der Waals surface area contributed by atoms with E-state index < -0.39 is 0 Å². The summed E-state index contributed by atoms with van der Waals surface area (Å²) < 4.78 is 5.62. The molecule has 3 nitrogen and oxygen atoms in total. The number of ketones is 1. The van der Waals surface area contributed by atoms with E-state index >= 15 is 0 Å². The normalized spacial score (nSPS) is 11.0. The van der Waals surface area contributed by atoms with Crippen LogP contribution in [0.3, 0.4) is 0 Å². The highest BCUT2D eigenvalue weighted by Gasteiger charge is 2.15. The molecular formula is C18H11NO2. The van der Waals surface area contributed by atoms with Crippen molar-refractivity contribution in [2.24, 2.45) is 0 Å². The fourth-order valence-corrected chi connectivity index (χ4v) is 2.43. The van der Waals surface area contributed by atoms with E-state index in [9.17, 15) is 4.79 Å².